The molecule has 106 valence electrons. The predicted molar refractivity (Wildman–Crippen MR) is 48.6 cm³/mol. The van der Waals surface area contributed by atoms with Crippen molar-refractivity contribution in [3.8, 4) is 0 Å². The van der Waals surface area contributed by atoms with E-state index in [0.29, 0.717) is 0 Å². The Balaban J connectivity index is -0.0000000128. The van der Waals surface area contributed by atoms with Crippen LogP contribution in [0.2, 0.25) is 0 Å². The van der Waals surface area contributed by atoms with Gasteiger partial charge in [0.25, 0.3) is 0 Å². The second-order valence-electron chi connectivity index (χ2n) is 1.03. The monoisotopic (exact) mass is 459 g/mol. The quantitative estimate of drug-likeness (QED) is 0.191. The van der Waals surface area contributed by atoms with Crippen LogP contribution in [0.4, 0.5) is 0 Å². The molecule has 0 radical (unpaired) electrons. The normalized spacial score (nSPS) is 7.87. The van der Waals surface area contributed by atoms with Gasteiger partial charge >= 0.3 is 15.6 Å². The molecule has 0 atom stereocenters. The molecule has 0 aliphatic rings. The largest absolute Gasteiger partial charge is 0.466 e. The molecule has 0 aliphatic carbocycles. The second-order valence-corrected chi connectivity index (χ2v) is 3.08. The molecular weight excluding hydrogens is 441 g/mol. The van der Waals surface area contributed by atoms with E-state index in [9.17, 15) is 0 Å². The van der Waals surface area contributed by atoms with Gasteiger partial charge in [0, 0.05) is 21.1 Å². The fourth-order valence-corrected chi connectivity index (χ4v) is 0. The van der Waals surface area contributed by atoms with Gasteiger partial charge in [-0.1, -0.05) is 0 Å². The van der Waals surface area contributed by atoms with Crippen molar-refractivity contribution in [2.45, 2.75) is 0 Å². The van der Waals surface area contributed by atoms with E-state index in [4.69, 9.17) is 38.5 Å². The zero-order chi connectivity index (χ0) is 9.00. The molecule has 15 heavy (non-hydrogen) atoms. The van der Waals surface area contributed by atoms with Crippen molar-refractivity contribution < 1.29 is 59.6 Å². The molecule has 0 aromatic carbocycles. The fraction of sp³-hybridized carbons (Fsp3) is 0. The Morgan fingerprint density at radius 2 is 0.533 bits per heavy atom. The summed E-state index contributed by atoms with van der Waals surface area (Å²) in [5, 5.41) is 0. The fourth-order valence-electron chi connectivity index (χ4n) is 0. The minimum atomic E-state index is -4.64. The third-order valence-electron chi connectivity index (χ3n) is 0. The van der Waals surface area contributed by atoms with Crippen LogP contribution in [0.5, 0.6) is 0 Å². The van der Waals surface area contributed by atoms with Gasteiger partial charge in [-0.2, -0.15) is 0 Å². The summed E-state index contributed by atoms with van der Waals surface area (Å²) in [4.78, 5) is 43.1. The number of rotatable bonds is 0. The van der Waals surface area contributed by atoms with Crippen molar-refractivity contribution in [3.63, 3.8) is 0 Å². The molecule has 15 heteroatoms. The Hall–Kier alpha value is 0.748. The minimum absolute atomic E-state index is 0. The molecule has 18 N–H and O–H groups in total. The molecule has 0 heterocycles. The minimum Gasteiger partial charge on any atom is -0.344 e. The molecule has 0 fully saturated rings. The Kier molecular flexibility index (Phi) is 51.2. The van der Waals surface area contributed by atoms with Crippen LogP contribution in [-0.4, -0.2) is 29.4 Å². The van der Waals surface area contributed by atoms with Crippen molar-refractivity contribution in [3.05, 3.63) is 0 Å². The van der Waals surface area contributed by atoms with E-state index in [0.717, 1.165) is 0 Å². The van der Waals surface area contributed by atoms with Crippen molar-refractivity contribution in [2.24, 2.45) is 0 Å². The van der Waals surface area contributed by atoms with Crippen molar-refractivity contribution in [2.75, 3.05) is 0 Å². The van der Waals surface area contributed by atoms with Crippen molar-refractivity contribution >= 4 is 15.6 Å². The standard InChI is InChI=1S/4H3N.2H3O4P.Pt/c;;;;2*1-5(2,3)4;/h4*1H3;2*(H3,1,2,3,4);. The van der Waals surface area contributed by atoms with Gasteiger partial charge in [-0.25, -0.2) is 9.13 Å². The Morgan fingerprint density at radius 1 is 0.533 bits per heavy atom. The van der Waals surface area contributed by atoms with E-state index >= 15 is 0 Å². The molecule has 0 unspecified atom stereocenters. The van der Waals surface area contributed by atoms with Gasteiger partial charge in [0.15, 0.2) is 0 Å². The maximum absolute atomic E-state index is 8.88. The molecule has 0 aromatic rings. The van der Waals surface area contributed by atoms with Gasteiger partial charge in [0.05, 0.1) is 0 Å². The van der Waals surface area contributed by atoms with Gasteiger partial charge in [-0.05, 0) is 0 Å². The van der Waals surface area contributed by atoms with E-state index < -0.39 is 15.6 Å². The first-order valence-corrected chi connectivity index (χ1v) is 4.70. The number of phosphoric acid groups is 2. The first-order valence-electron chi connectivity index (χ1n) is 1.57. The summed E-state index contributed by atoms with van der Waals surface area (Å²) in [6, 6.07) is 0. The molecule has 0 saturated carbocycles. The van der Waals surface area contributed by atoms with Crippen LogP contribution in [0.25, 0.3) is 0 Å². The van der Waals surface area contributed by atoms with Crippen molar-refractivity contribution in [1.29, 1.82) is 0 Å². The van der Waals surface area contributed by atoms with Gasteiger partial charge in [0.2, 0.25) is 0 Å². The molecular formula is H18N4O8P2Pt. The van der Waals surface area contributed by atoms with E-state index in [1.165, 1.54) is 0 Å². The number of hydrogen-bond donors (Lipinski definition) is 10. The SMILES string of the molecule is N.N.N.N.O=P(O)(O)O.O=P(O)(O)O.[Pt]. The molecule has 0 rings (SSSR count). The Morgan fingerprint density at radius 3 is 0.533 bits per heavy atom. The second kappa shape index (κ2) is 17.2. The van der Waals surface area contributed by atoms with E-state index in [1.807, 2.05) is 0 Å². The third kappa shape index (κ3) is 4280. The molecule has 0 amide bonds. The molecule has 0 spiro atoms. The molecule has 0 aromatic heterocycles. The van der Waals surface area contributed by atoms with Crippen LogP contribution in [0.15, 0.2) is 0 Å². The van der Waals surface area contributed by atoms with Gasteiger partial charge in [0.1, 0.15) is 0 Å². The van der Waals surface area contributed by atoms with E-state index in [1.54, 1.807) is 0 Å². The van der Waals surface area contributed by atoms with Crippen LogP contribution in [0.3, 0.4) is 0 Å². The third-order valence-corrected chi connectivity index (χ3v) is 0. The topological polar surface area (TPSA) is 296 Å². The van der Waals surface area contributed by atoms with Crippen LogP contribution < -0.4 is 24.6 Å². The number of hydrogen-bond acceptors (Lipinski definition) is 6. The summed E-state index contributed by atoms with van der Waals surface area (Å²) in [7, 11) is -9.28. The van der Waals surface area contributed by atoms with E-state index in [2.05, 4.69) is 0 Å². The van der Waals surface area contributed by atoms with Crippen LogP contribution in [-0.2, 0) is 30.2 Å². The maximum Gasteiger partial charge on any atom is 0.466 e. The maximum atomic E-state index is 8.88. The summed E-state index contributed by atoms with van der Waals surface area (Å²) in [5.74, 6) is 0. The Bertz CT molecular complexity index is 137. The summed E-state index contributed by atoms with van der Waals surface area (Å²) >= 11 is 0. The molecule has 0 bridgehead atoms. The predicted octanol–water partition coefficient (Wildman–Crippen LogP) is -1.21. The average molecular weight is 459 g/mol. The summed E-state index contributed by atoms with van der Waals surface area (Å²) in [6.45, 7) is 0. The molecule has 0 saturated heterocycles. The summed E-state index contributed by atoms with van der Waals surface area (Å²) in [6.07, 6.45) is 0. The Labute approximate surface area is 100 Å². The zero-order valence-corrected chi connectivity index (χ0v) is 11.6. The summed E-state index contributed by atoms with van der Waals surface area (Å²) < 4.78 is 17.8. The zero-order valence-electron chi connectivity index (χ0n) is 7.54. The van der Waals surface area contributed by atoms with Crippen LogP contribution >= 0.6 is 15.6 Å². The van der Waals surface area contributed by atoms with Gasteiger partial charge < -0.3 is 54.0 Å². The summed E-state index contributed by atoms with van der Waals surface area (Å²) in [5.41, 5.74) is 0. The van der Waals surface area contributed by atoms with E-state index in [-0.39, 0.29) is 45.7 Å². The van der Waals surface area contributed by atoms with Crippen molar-refractivity contribution in [1.82, 2.24) is 24.6 Å². The smallest absolute Gasteiger partial charge is 0.344 e. The van der Waals surface area contributed by atoms with Crippen LogP contribution in [0.1, 0.15) is 0 Å². The first-order chi connectivity index (χ1) is 4.00. The molecule has 0 aliphatic heterocycles. The van der Waals surface area contributed by atoms with Gasteiger partial charge in [-0.15, -0.1) is 0 Å². The average Bonchev–Trinajstić information content (AvgIpc) is 1.12. The van der Waals surface area contributed by atoms with Gasteiger partial charge in [-0.3, -0.25) is 0 Å². The van der Waals surface area contributed by atoms with Crippen LogP contribution in [0, 0.1) is 0 Å². The molecule has 12 nitrogen and oxygen atoms in total. The first kappa shape index (κ1) is 44.8.